The van der Waals surface area contributed by atoms with Crippen molar-refractivity contribution >= 4 is 23.2 Å². The average molecular weight is 342 g/mol. The van der Waals surface area contributed by atoms with Crippen molar-refractivity contribution in [2.75, 3.05) is 0 Å². The molecule has 4 nitrogen and oxygen atoms in total. The Bertz CT molecular complexity index is 829. The van der Waals surface area contributed by atoms with Gasteiger partial charge in [0.05, 0.1) is 23.2 Å². The molecule has 1 atom stereocenters. The Morgan fingerprint density at radius 3 is 2.75 bits per heavy atom. The van der Waals surface area contributed by atoms with E-state index >= 15 is 0 Å². The largest absolute Gasteiger partial charge is 0.350 e. The minimum atomic E-state index is -0.123. The van der Waals surface area contributed by atoms with Crippen LogP contribution in [0.1, 0.15) is 36.9 Å². The lowest BCUT2D eigenvalue weighted by atomic mass is 9.93. The lowest BCUT2D eigenvalue weighted by molar-refractivity contribution is -0.122. The molecule has 2 aromatic heterocycles. The number of carbonyl (C=O) groups excluding carboxylic acids is 1. The third kappa shape index (κ3) is 3.77. The second-order valence-electron chi connectivity index (χ2n) is 5.81. The van der Waals surface area contributed by atoms with E-state index in [-0.39, 0.29) is 11.8 Å². The van der Waals surface area contributed by atoms with Crippen LogP contribution in [-0.4, -0.2) is 15.3 Å². The second-order valence-corrected chi connectivity index (χ2v) is 6.25. The fourth-order valence-corrected chi connectivity index (χ4v) is 2.99. The molecule has 1 amide bonds. The summed E-state index contributed by atoms with van der Waals surface area (Å²) in [7, 11) is 0. The number of fused-ring (bicyclic) bond motifs is 1. The Balaban J connectivity index is 1.70. The molecule has 0 aliphatic heterocycles. The number of imidazole rings is 1. The molecule has 1 aromatic carbocycles. The highest BCUT2D eigenvalue weighted by Crippen LogP contribution is 2.21. The molecule has 3 rings (SSSR count). The fraction of sp³-hybridized carbons (Fsp3) is 0.263. The number of amides is 1. The van der Waals surface area contributed by atoms with E-state index in [9.17, 15) is 4.79 Å². The number of pyridine rings is 1. The van der Waals surface area contributed by atoms with E-state index in [2.05, 4.69) is 17.2 Å². The minimum Gasteiger partial charge on any atom is -0.350 e. The second kappa shape index (κ2) is 7.49. The van der Waals surface area contributed by atoms with E-state index in [0.717, 1.165) is 29.7 Å². The molecule has 1 N–H and O–H groups in total. The standard InChI is InChI=1S/C19H20ClN3O/c1-2-6-17(14-7-4-3-5-8-14)19(24)21-11-16-13-23-12-15(20)9-10-18(23)22-16/h3-5,7-10,12-13,17H,2,6,11H2,1H3,(H,21,24). The van der Waals surface area contributed by atoms with Gasteiger partial charge in [0.2, 0.25) is 5.91 Å². The average Bonchev–Trinajstić information content (AvgIpc) is 3.00. The number of halogens is 1. The molecule has 2 heterocycles. The van der Waals surface area contributed by atoms with E-state index < -0.39 is 0 Å². The maximum absolute atomic E-state index is 12.6. The highest BCUT2D eigenvalue weighted by Gasteiger charge is 2.19. The van der Waals surface area contributed by atoms with Crippen molar-refractivity contribution < 1.29 is 4.79 Å². The molecular formula is C19H20ClN3O. The lowest BCUT2D eigenvalue weighted by Crippen LogP contribution is -2.29. The first-order chi connectivity index (χ1) is 11.7. The van der Waals surface area contributed by atoms with Gasteiger partial charge in [-0.3, -0.25) is 4.79 Å². The van der Waals surface area contributed by atoms with Gasteiger partial charge >= 0.3 is 0 Å². The summed E-state index contributed by atoms with van der Waals surface area (Å²) in [6.45, 7) is 2.50. The third-order valence-corrected chi connectivity index (χ3v) is 4.23. The van der Waals surface area contributed by atoms with Gasteiger partial charge in [-0.1, -0.05) is 55.3 Å². The van der Waals surface area contributed by atoms with Crippen molar-refractivity contribution in [1.29, 1.82) is 0 Å². The fourth-order valence-electron chi connectivity index (χ4n) is 2.83. The molecule has 0 radical (unpaired) electrons. The zero-order chi connectivity index (χ0) is 16.9. The van der Waals surface area contributed by atoms with Gasteiger partial charge < -0.3 is 9.72 Å². The molecule has 1 unspecified atom stereocenters. The number of aromatic nitrogens is 2. The monoisotopic (exact) mass is 341 g/mol. The summed E-state index contributed by atoms with van der Waals surface area (Å²) < 4.78 is 1.87. The third-order valence-electron chi connectivity index (χ3n) is 4.00. The van der Waals surface area contributed by atoms with Crippen LogP contribution in [0.5, 0.6) is 0 Å². The van der Waals surface area contributed by atoms with Crippen LogP contribution in [0, 0.1) is 0 Å². The van der Waals surface area contributed by atoms with Crippen LogP contribution in [0.3, 0.4) is 0 Å². The van der Waals surface area contributed by atoms with Gasteiger partial charge in [0, 0.05) is 12.4 Å². The van der Waals surface area contributed by atoms with E-state index in [0.29, 0.717) is 11.6 Å². The van der Waals surface area contributed by atoms with Crippen molar-refractivity contribution in [3.8, 4) is 0 Å². The quantitative estimate of drug-likeness (QED) is 0.730. The molecule has 0 saturated carbocycles. The van der Waals surface area contributed by atoms with Crippen LogP contribution < -0.4 is 5.32 Å². The number of carbonyl (C=O) groups is 1. The van der Waals surface area contributed by atoms with E-state index in [1.54, 1.807) is 12.3 Å². The van der Waals surface area contributed by atoms with Gasteiger partial charge in [-0.2, -0.15) is 0 Å². The summed E-state index contributed by atoms with van der Waals surface area (Å²) in [5.74, 6) is -0.0826. The number of rotatable bonds is 6. The molecule has 5 heteroatoms. The molecule has 0 spiro atoms. The van der Waals surface area contributed by atoms with Crippen LogP contribution in [0.15, 0.2) is 54.9 Å². The summed E-state index contributed by atoms with van der Waals surface area (Å²) in [6, 6.07) is 13.6. The van der Waals surface area contributed by atoms with Crippen molar-refractivity contribution in [2.24, 2.45) is 0 Å². The molecule has 0 saturated heterocycles. The van der Waals surface area contributed by atoms with Gasteiger partial charge in [-0.25, -0.2) is 4.98 Å². The number of benzene rings is 1. The van der Waals surface area contributed by atoms with E-state index in [1.807, 2.05) is 47.0 Å². The Morgan fingerprint density at radius 2 is 2.00 bits per heavy atom. The molecule has 124 valence electrons. The normalized spacial score (nSPS) is 12.2. The first-order valence-electron chi connectivity index (χ1n) is 8.13. The Hall–Kier alpha value is -2.33. The Morgan fingerprint density at radius 1 is 1.21 bits per heavy atom. The molecule has 0 fully saturated rings. The number of nitrogens with zero attached hydrogens (tertiary/aromatic N) is 2. The van der Waals surface area contributed by atoms with E-state index in [1.165, 1.54) is 0 Å². The van der Waals surface area contributed by atoms with E-state index in [4.69, 9.17) is 11.6 Å². The SMILES string of the molecule is CCCC(C(=O)NCc1cn2cc(Cl)ccc2n1)c1ccccc1. The van der Waals surface area contributed by atoms with Crippen LogP contribution in [0.2, 0.25) is 5.02 Å². The highest BCUT2D eigenvalue weighted by molar-refractivity contribution is 6.30. The van der Waals surface area contributed by atoms with Crippen LogP contribution >= 0.6 is 11.6 Å². The van der Waals surface area contributed by atoms with Crippen LogP contribution in [0.25, 0.3) is 5.65 Å². The maximum atomic E-state index is 12.6. The number of nitrogens with one attached hydrogen (secondary N) is 1. The van der Waals surface area contributed by atoms with Crippen LogP contribution in [0.4, 0.5) is 0 Å². The summed E-state index contributed by atoms with van der Waals surface area (Å²) >= 11 is 5.98. The maximum Gasteiger partial charge on any atom is 0.227 e. The first-order valence-corrected chi connectivity index (χ1v) is 8.51. The zero-order valence-electron chi connectivity index (χ0n) is 13.6. The van der Waals surface area contributed by atoms with Gasteiger partial charge in [-0.15, -0.1) is 0 Å². The van der Waals surface area contributed by atoms with Crippen molar-refractivity contribution in [2.45, 2.75) is 32.2 Å². The smallest absolute Gasteiger partial charge is 0.227 e. The molecular weight excluding hydrogens is 322 g/mol. The summed E-state index contributed by atoms with van der Waals surface area (Å²) in [5.41, 5.74) is 2.68. The van der Waals surface area contributed by atoms with Gasteiger partial charge in [0.1, 0.15) is 5.65 Å². The Labute approximate surface area is 146 Å². The van der Waals surface area contributed by atoms with Gasteiger partial charge in [0.25, 0.3) is 0 Å². The first kappa shape index (κ1) is 16.5. The summed E-state index contributed by atoms with van der Waals surface area (Å²) in [6.07, 6.45) is 5.48. The summed E-state index contributed by atoms with van der Waals surface area (Å²) in [5, 5.41) is 3.67. The van der Waals surface area contributed by atoms with Crippen LogP contribution in [-0.2, 0) is 11.3 Å². The lowest BCUT2D eigenvalue weighted by Gasteiger charge is -2.16. The highest BCUT2D eigenvalue weighted by atomic mass is 35.5. The molecule has 0 bridgehead atoms. The van der Waals surface area contributed by atoms with Crippen molar-refractivity contribution in [3.05, 3.63) is 71.1 Å². The van der Waals surface area contributed by atoms with Gasteiger partial charge in [0.15, 0.2) is 0 Å². The van der Waals surface area contributed by atoms with Crippen molar-refractivity contribution in [3.63, 3.8) is 0 Å². The molecule has 0 aliphatic carbocycles. The minimum absolute atomic E-state index is 0.0399. The molecule has 0 aliphatic rings. The van der Waals surface area contributed by atoms with Gasteiger partial charge in [-0.05, 0) is 24.1 Å². The van der Waals surface area contributed by atoms with Crippen molar-refractivity contribution in [1.82, 2.24) is 14.7 Å². The summed E-state index contributed by atoms with van der Waals surface area (Å²) in [4.78, 5) is 17.1. The predicted molar refractivity (Wildman–Crippen MR) is 96.1 cm³/mol. The zero-order valence-corrected chi connectivity index (χ0v) is 14.3. The number of hydrogen-bond donors (Lipinski definition) is 1. The molecule has 3 aromatic rings. The topological polar surface area (TPSA) is 46.4 Å². The number of hydrogen-bond acceptors (Lipinski definition) is 2. The predicted octanol–water partition coefficient (Wildman–Crippen LogP) is 4.19. The Kier molecular flexibility index (Phi) is 5.16. The molecule has 24 heavy (non-hydrogen) atoms.